The zero-order chi connectivity index (χ0) is 14.5. The zero-order valence-electron chi connectivity index (χ0n) is 11.5. The largest absolute Gasteiger partial charge is 0.346 e. The maximum atomic E-state index is 12.0. The van der Waals surface area contributed by atoms with Gasteiger partial charge in [-0.05, 0) is 31.0 Å². The van der Waals surface area contributed by atoms with Gasteiger partial charge in [-0.25, -0.2) is 4.98 Å². The number of halogens is 1. The van der Waals surface area contributed by atoms with Crippen LogP contribution in [0.2, 0.25) is 0 Å². The van der Waals surface area contributed by atoms with E-state index in [1.807, 2.05) is 38.1 Å². The molecule has 0 aliphatic rings. The molecule has 0 bridgehead atoms. The average molecular weight is 337 g/mol. The highest BCUT2D eigenvalue weighted by Gasteiger charge is 2.14. The van der Waals surface area contributed by atoms with Gasteiger partial charge in [-0.2, -0.15) is 0 Å². The van der Waals surface area contributed by atoms with Crippen molar-refractivity contribution < 1.29 is 4.79 Å². The summed E-state index contributed by atoms with van der Waals surface area (Å²) in [5.74, 6) is 0.672. The van der Waals surface area contributed by atoms with Crippen LogP contribution in [0.25, 0.3) is 0 Å². The highest BCUT2D eigenvalue weighted by atomic mass is 79.9. The third-order valence-electron chi connectivity index (χ3n) is 2.90. The fourth-order valence-electron chi connectivity index (χ4n) is 1.87. The van der Waals surface area contributed by atoms with E-state index in [2.05, 4.69) is 36.4 Å². The summed E-state index contributed by atoms with van der Waals surface area (Å²) in [4.78, 5) is 16.1. The summed E-state index contributed by atoms with van der Waals surface area (Å²) in [5.41, 5.74) is 1.17. The number of carbonyl (C=O) groups excluding carboxylic acids is 1. The van der Waals surface area contributed by atoms with Crippen molar-refractivity contribution in [3.8, 4) is 0 Å². The molecule has 1 heterocycles. The molecule has 0 saturated carbocycles. The molecule has 0 aliphatic heterocycles. The van der Waals surface area contributed by atoms with E-state index in [0.29, 0.717) is 0 Å². The molecule has 1 aromatic carbocycles. The molecule has 5 nitrogen and oxygen atoms in total. The van der Waals surface area contributed by atoms with Gasteiger partial charge in [0.25, 0.3) is 5.91 Å². The number of H-pyrrole nitrogens is 1. The molecule has 1 atom stereocenters. The van der Waals surface area contributed by atoms with Crippen LogP contribution >= 0.6 is 15.9 Å². The zero-order valence-corrected chi connectivity index (χ0v) is 13.1. The van der Waals surface area contributed by atoms with Gasteiger partial charge in [0.2, 0.25) is 5.82 Å². The Morgan fingerprint density at radius 2 is 2.10 bits per heavy atom. The summed E-state index contributed by atoms with van der Waals surface area (Å²) in [6.45, 7) is 3.92. The monoisotopic (exact) mass is 336 g/mol. The number of aryl methyl sites for hydroxylation is 1. The van der Waals surface area contributed by atoms with Crippen molar-refractivity contribution in [1.29, 1.82) is 0 Å². The van der Waals surface area contributed by atoms with Crippen LogP contribution in [-0.4, -0.2) is 27.1 Å². The Hall–Kier alpha value is -1.69. The maximum Gasteiger partial charge on any atom is 0.291 e. The summed E-state index contributed by atoms with van der Waals surface area (Å²) < 4.78 is 1.05. The van der Waals surface area contributed by atoms with Gasteiger partial charge < -0.3 is 5.32 Å². The molecular formula is C14H17BrN4O. The van der Waals surface area contributed by atoms with Crippen LogP contribution in [-0.2, 0) is 12.8 Å². The number of aromatic amines is 1. The van der Waals surface area contributed by atoms with Gasteiger partial charge in [0.1, 0.15) is 5.82 Å². The molecule has 106 valence electrons. The number of hydrogen-bond donors (Lipinski definition) is 2. The van der Waals surface area contributed by atoms with Crippen molar-refractivity contribution >= 4 is 21.8 Å². The van der Waals surface area contributed by atoms with Crippen molar-refractivity contribution in [3.05, 3.63) is 46.0 Å². The Balaban J connectivity index is 1.92. The number of rotatable bonds is 5. The van der Waals surface area contributed by atoms with Crippen molar-refractivity contribution in [2.75, 3.05) is 0 Å². The number of hydrogen-bond acceptors (Lipinski definition) is 3. The van der Waals surface area contributed by atoms with Crippen molar-refractivity contribution in [2.45, 2.75) is 32.7 Å². The van der Waals surface area contributed by atoms with E-state index in [0.717, 1.165) is 23.1 Å². The van der Waals surface area contributed by atoms with Crippen LogP contribution in [0.1, 0.15) is 35.9 Å². The summed E-state index contributed by atoms with van der Waals surface area (Å²) in [7, 11) is 0. The lowest BCUT2D eigenvalue weighted by molar-refractivity contribution is 0.0930. The van der Waals surface area contributed by atoms with E-state index in [4.69, 9.17) is 0 Å². The minimum Gasteiger partial charge on any atom is -0.346 e. The summed E-state index contributed by atoms with van der Waals surface area (Å²) >= 11 is 3.40. The SMILES string of the molecule is CCc1nc(C(=O)NC(C)Cc2ccc(Br)cc2)n[nH]1. The number of benzene rings is 1. The minimum atomic E-state index is -0.245. The van der Waals surface area contributed by atoms with Gasteiger partial charge in [-0.3, -0.25) is 9.89 Å². The standard InChI is InChI=1S/C14H17BrN4O/c1-3-12-17-13(19-18-12)14(20)16-9(2)8-10-4-6-11(15)7-5-10/h4-7,9H,3,8H2,1-2H3,(H,16,20)(H,17,18,19). The number of aromatic nitrogens is 3. The van der Waals surface area contributed by atoms with E-state index in [9.17, 15) is 4.79 Å². The molecule has 6 heteroatoms. The third kappa shape index (κ3) is 3.90. The fourth-order valence-corrected chi connectivity index (χ4v) is 2.13. The predicted octanol–water partition coefficient (Wildman–Crippen LogP) is 2.49. The molecule has 1 unspecified atom stereocenters. The van der Waals surface area contributed by atoms with Crippen molar-refractivity contribution in [1.82, 2.24) is 20.5 Å². The van der Waals surface area contributed by atoms with Crippen LogP contribution in [0.5, 0.6) is 0 Å². The van der Waals surface area contributed by atoms with E-state index in [-0.39, 0.29) is 17.8 Å². The highest BCUT2D eigenvalue weighted by Crippen LogP contribution is 2.12. The molecule has 0 fully saturated rings. The summed E-state index contributed by atoms with van der Waals surface area (Å²) in [5, 5.41) is 9.54. The van der Waals surface area contributed by atoms with Gasteiger partial charge >= 0.3 is 0 Å². The summed E-state index contributed by atoms with van der Waals surface area (Å²) in [6.07, 6.45) is 1.50. The van der Waals surface area contributed by atoms with Crippen molar-refractivity contribution in [2.24, 2.45) is 0 Å². The fraction of sp³-hybridized carbons (Fsp3) is 0.357. The first-order chi connectivity index (χ1) is 9.58. The Bertz CT molecular complexity index is 579. The molecule has 20 heavy (non-hydrogen) atoms. The predicted molar refractivity (Wildman–Crippen MR) is 80.5 cm³/mol. The van der Waals surface area contributed by atoms with Crippen LogP contribution in [0, 0.1) is 0 Å². The molecule has 0 saturated heterocycles. The van der Waals surface area contributed by atoms with E-state index in [1.165, 1.54) is 5.56 Å². The third-order valence-corrected chi connectivity index (χ3v) is 3.43. The molecule has 2 N–H and O–H groups in total. The quantitative estimate of drug-likeness (QED) is 0.881. The van der Waals surface area contributed by atoms with Gasteiger partial charge in [-0.15, -0.1) is 5.10 Å². The lowest BCUT2D eigenvalue weighted by Gasteiger charge is -2.12. The first-order valence-electron chi connectivity index (χ1n) is 6.55. The first kappa shape index (κ1) is 14.7. The van der Waals surface area contributed by atoms with E-state index < -0.39 is 0 Å². The van der Waals surface area contributed by atoms with Gasteiger partial charge in [0.05, 0.1) is 0 Å². The molecule has 1 amide bonds. The summed E-state index contributed by atoms with van der Waals surface area (Å²) in [6, 6.07) is 8.08. The molecule has 0 aliphatic carbocycles. The van der Waals surface area contributed by atoms with E-state index >= 15 is 0 Å². The number of nitrogens with one attached hydrogen (secondary N) is 2. The Labute approximate surface area is 126 Å². The van der Waals surface area contributed by atoms with Crippen LogP contribution in [0.3, 0.4) is 0 Å². The number of carbonyl (C=O) groups is 1. The topological polar surface area (TPSA) is 70.7 Å². The lowest BCUT2D eigenvalue weighted by Crippen LogP contribution is -2.34. The van der Waals surface area contributed by atoms with Gasteiger partial charge in [0, 0.05) is 16.9 Å². The second-order valence-electron chi connectivity index (χ2n) is 4.66. The minimum absolute atomic E-state index is 0.0206. The molecule has 0 spiro atoms. The van der Waals surface area contributed by atoms with Crippen LogP contribution < -0.4 is 5.32 Å². The average Bonchev–Trinajstić information content (AvgIpc) is 2.90. The number of amides is 1. The molecule has 1 aromatic heterocycles. The Kier molecular flexibility index (Phi) is 4.89. The van der Waals surface area contributed by atoms with Gasteiger partial charge in [0.15, 0.2) is 0 Å². The molecule has 2 rings (SSSR count). The first-order valence-corrected chi connectivity index (χ1v) is 7.34. The molecular weight excluding hydrogens is 320 g/mol. The van der Waals surface area contributed by atoms with Crippen LogP contribution in [0.15, 0.2) is 28.7 Å². The molecule has 0 radical (unpaired) electrons. The van der Waals surface area contributed by atoms with Crippen molar-refractivity contribution in [3.63, 3.8) is 0 Å². The smallest absolute Gasteiger partial charge is 0.291 e. The molecule has 2 aromatic rings. The second kappa shape index (κ2) is 6.65. The maximum absolute atomic E-state index is 12.0. The second-order valence-corrected chi connectivity index (χ2v) is 5.58. The Morgan fingerprint density at radius 1 is 1.40 bits per heavy atom. The van der Waals surface area contributed by atoms with Crippen LogP contribution in [0.4, 0.5) is 0 Å². The lowest BCUT2D eigenvalue weighted by atomic mass is 10.1. The van der Waals surface area contributed by atoms with E-state index in [1.54, 1.807) is 0 Å². The van der Waals surface area contributed by atoms with Gasteiger partial charge in [-0.1, -0.05) is 35.0 Å². The normalized spacial score (nSPS) is 12.2. The Morgan fingerprint density at radius 3 is 2.70 bits per heavy atom. The number of nitrogens with zero attached hydrogens (tertiary/aromatic N) is 2. The highest BCUT2D eigenvalue weighted by molar-refractivity contribution is 9.10.